The highest BCUT2D eigenvalue weighted by Crippen LogP contribution is 2.17. The van der Waals surface area contributed by atoms with Crippen LogP contribution in [0.4, 0.5) is 5.95 Å². The molecule has 3 rings (SSSR count). The third kappa shape index (κ3) is 3.76. The van der Waals surface area contributed by atoms with Crippen molar-refractivity contribution in [1.29, 1.82) is 0 Å². The molecule has 1 aromatic rings. The fraction of sp³-hybridized carbons (Fsp3) is 0.765. The average Bonchev–Trinajstić information content (AvgIpc) is 2.92. The van der Waals surface area contributed by atoms with Crippen molar-refractivity contribution in [3.63, 3.8) is 0 Å². The minimum absolute atomic E-state index is 0.274. The van der Waals surface area contributed by atoms with Gasteiger partial charge in [0.15, 0.2) is 0 Å². The first-order valence-corrected chi connectivity index (χ1v) is 8.67. The number of aryl methyl sites for hydroxylation is 2. The summed E-state index contributed by atoms with van der Waals surface area (Å²) in [7, 11) is 0. The van der Waals surface area contributed by atoms with Crippen molar-refractivity contribution in [2.45, 2.75) is 45.6 Å². The quantitative estimate of drug-likeness (QED) is 0.851. The van der Waals surface area contributed by atoms with Gasteiger partial charge >= 0.3 is 0 Å². The van der Waals surface area contributed by atoms with Gasteiger partial charge in [-0.05, 0) is 51.3 Å². The number of hydrogen-bond donors (Lipinski definition) is 0. The molecule has 0 amide bonds. The largest absolute Gasteiger partial charge is 0.375 e. The first kappa shape index (κ1) is 15.7. The van der Waals surface area contributed by atoms with E-state index >= 15 is 0 Å². The molecular weight excluding hydrogens is 276 g/mol. The second kappa shape index (κ2) is 7.38. The summed E-state index contributed by atoms with van der Waals surface area (Å²) >= 11 is 0. The molecule has 122 valence electrons. The molecule has 2 fully saturated rings. The Morgan fingerprint density at radius 2 is 2.05 bits per heavy atom. The normalized spacial score (nSPS) is 23.7. The topological polar surface area (TPSA) is 41.5 Å². The number of rotatable bonds is 4. The Hall–Kier alpha value is -1.20. The molecule has 0 bridgehead atoms. The Morgan fingerprint density at radius 3 is 2.82 bits per heavy atom. The molecular formula is C17H28N4O. The molecule has 0 aromatic carbocycles. The number of aromatic nitrogens is 2. The van der Waals surface area contributed by atoms with Crippen LogP contribution < -0.4 is 4.90 Å². The Balaban J connectivity index is 1.68. The summed E-state index contributed by atoms with van der Waals surface area (Å²) in [5, 5.41) is 0. The van der Waals surface area contributed by atoms with E-state index in [-0.39, 0.29) is 6.10 Å². The van der Waals surface area contributed by atoms with E-state index < -0.39 is 0 Å². The van der Waals surface area contributed by atoms with Gasteiger partial charge in [-0.1, -0.05) is 6.92 Å². The Kier molecular flexibility index (Phi) is 5.26. The van der Waals surface area contributed by atoms with Gasteiger partial charge in [-0.15, -0.1) is 0 Å². The van der Waals surface area contributed by atoms with E-state index in [4.69, 9.17) is 9.72 Å². The molecule has 5 heteroatoms. The second-order valence-corrected chi connectivity index (χ2v) is 6.45. The molecule has 2 aliphatic rings. The van der Waals surface area contributed by atoms with Crippen LogP contribution in [0.3, 0.4) is 0 Å². The lowest BCUT2D eigenvalue weighted by atomic mass is 10.2. The minimum Gasteiger partial charge on any atom is -0.375 e. The molecule has 2 saturated heterocycles. The van der Waals surface area contributed by atoms with E-state index in [2.05, 4.69) is 28.6 Å². The lowest BCUT2D eigenvalue weighted by Crippen LogP contribution is -2.40. The maximum Gasteiger partial charge on any atom is 0.225 e. The third-order valence-electron chi connectivity index (χ3n) is 4.69. The van der Waals surface area contributed by atoms with Gasteiger partial charge in [-0.3, -0.25) is 0 Å². The van der Waals surface area contributed by atoms with Crippen LogP contribution >= 0.6 is 0 Å². The Morgan fingerprint density at radius 1 is 1.23 bits per heavy atom. The Labute approximate surface area is 133 Å². The fourth-order valence-electron chi connectivity index (χ4n) is 3.42. The van der Waals surface area contributed by atoms with E-state index in [1.807, 2.05) is 6.20 Å². The lowest BCUT2D eigenvalue weighted by Gasteiger charge is -2.27. The first-order chi connectivity index (χ1) is 10.8. The first-order valence-electron chi connectivity index (χ1n) is 8.67. The van der Waals surface area contributed by atoms with Crippen molar-refractivity contribution in [2.75, 3.05) is 44.2 Å². The zero-order chi connectivity index (χ0) is 15.4. The number of anilines is 1. The van der Waals surface area contributed by atoms with Crippen LogP contribution in [-0.2, 0) is 11.2 Å². The molecule has 0 spiro atoms. The molecule has 0 N–H and O–H groups in total. The molecule has 3 heterocycles. The lowest BCUT2D eigenvalue weighted by molar-refractivity contribution is 0.0450. The van der Waals surface area contributed by atoms with Gasteiger partial charge in [-0.25, -0.2) is 9.97 Å². The monoisotopic (exact) mass is 304 g/mol. The van der Waals surface area contributed by atoms with Crippen molar-refractivity contribution in [3.05, 3.63) is 17.5 Å². The summed E-state index contributed by atoms with van der Waals surface area (Å²) in [5.74, 6) is 0.874. The van der Waals surface area contributed by atoms with Crippen molar-refractivity contribution in [1.82, 2.24) is 14.9 Å². The van der Waals surface area contributed by atoms with Crippen LogP contribution in [0.1, 0.15) is 37.4 Å². The van der Waals surface area contributed by atoms with Crippen LogP contribution in [0, 0.1) is 6.92 Å². The molecule has 1 aromatic heterocycles. The van der Waals surface area contributed by atoms with Gasteiger partial charge in [0.25, 0.3) is 0 Å². The highest BCUT2D eigenvalue weighted by molar-refractivity contribution is 5.33. The van der Waals surface area contributed by atoms with Crippen molar-refractivity contribution < 1.29 is 4.74 Å². The molecule has 22 heavy (non-hydrogen) atoms. The molecule has 0 radical (unpaired) electrons. The average molecular weight is 304 g/mol. The molecule has 0 aliphatic carbocycles. The summed E-state index contributed by atoms with van der Waals surface area (Å²) < 4.78 is 6.06. The summed E-state index contributed by atoms with van der Waals surface area (Å²) in [5.41, 5.74) is 2.34. The summed E-state index contributed by atoms with van der Waals surface area (Å²) in [4.78, 5) is 14.2. The predicted octanol–water partition coefficient (Wildman–Crippen LogP) is 2.04. The predicted molar refractivity (Wildman–Crippen MR) is 88.4 cm³/mol. The summed E-state index contributed by atoms with van der Waals surface area (Å²) in [6, 6.07) is 0. The van der Waals surface area contributed by atoms with Gasteiger partial charge in [0, 0.05) is 38.1 Å². The smallest absolute Gasteiger partial charge is 0.225 e. The van der Waals surface area contributed by atoms with Gasteiger partial charge in [-0.2, -0.15) is 0 Å². The zero-order valence-electron chi connectivity index (χ0n) is 13.9. The summed E-state index contributed by atoms with van der Waals surface area (Å²) in [6.45, 7) is 10.5. The molecule has 2 aliphatic heterocycles. The van der Waals surface area contributed by atoms with Crippen molar-refractivity contribution in [3.8, 4) is 0 Å². The van der Waals surface area contributed by atoms with Crippen LogP contribution in [0.25, 0.3) is 0 Å². The van der Waals surface area contributed by atoms with Gasteiger partial charge in [0.2, 0.25) is 5.95 Å². The number of ether oxygens (including phenoxy) is 1. The summed E-state index contributed by atoms with van der Waals surface area (Å²) in [6.07, 6.45) is 6.91. The van der Waals surface area contributed by atoms with Gasteiger partial charge < -0.3 is 14.5 Å². The number of likely N-dealkylation sites (tertiary alicyclic amines) is 1. The van der Waals surface area contributed by atoms with E-state index in [1.165, 1.54) is 31.5 Å². The maximum atomic E-state index is 6.06. The highest BCUT2D eigenvalue weighted by Gasteiger charge is 2.24. The molecule has 5 nitrogen and oxygen atoms in total. The van der Waals surface area contributed by atoms with E-state index in [0.717, 1.165) is 50.7 Å². The van der Waals surface area contributed by atoms with Crippen LogP contribution in [-0.4, -0.2) is 60.3 Å². The molecule has 1 atom stereocenters. The number of nitrogens with zero attached hydrogens (tertiary/aromatic N) is 4. The maximum absolute atomic E-state index is 6.06. The highest BCUT2D eigenvalue weighted by atomic mass is 16.5. The Bertz CT molecular complexity index is 488. The SMILES string of the molecule is CCc1nc(N2CCCOC(CN3CCCC3)C2)ncc1C. The number of hydrogen-bond acceptors (Lipinski definition) is 5. The van der Waals surface area contributed by atoms with Gasteiger partial charge in [0.1, 0.15) is 0 Å². The molecule has 1 unspecified atom stereocenters. The fourth-order valence-corrected chi connectivity index (χ4v) is 3.42. The van der Waals surface area contributed by atoms with Crippen molar-refractivity contribution >= 4 is 5.95 Å². The standard InChI is InChI=1S/C17H28N4O/c1-3-16-14(2)11-18-17(19-16)21-9-6-10-22-15(13-21)12-20-7-4-5-8-20/h11,15H,3-10,12-13H2,1-2H3. The van der Waals surface area contributed by atoms with E-state index in [1.54, 1.807) is 0 Å². The second-order valence-electron chi connectivity index (χ2n) is 6.45. The molecule has 0 saturated carbocycles. The van der Waals surface area contributed by atoms with Crippen LogP contribution in [0.2, 0.25) is 0 Å². The van der Waals surface area contributed by atoms with E-state index in [9.17, 15) is 0 Å². The minimum atomic E-state index is 0.274. The third-order valence-corrected chi connectivity index (χ3v) is 4.69. The van der Waals surface area contributed by atoms with E-state index in [0.29, 0.717) is 0 Å². The van der Waals surface area contributed by atoms with Gasteiger partial charge in [0.05, 0.1) is 6.10 Å². The van der Waals surface area contributed by atoms with Crippen molar-refractivity contribution in [2.24, 2.45) is 0 Å². The van der Waals surface area contributed by atoms with Crippen LogP contribution in [0.15, 0.2) is 6.20 Å². The zero-order valence-corrected chi connectivity index (χ0v) is 13.9. The van der Waals surface area contributed by atoms with Crippen LogP contribution in [0.5, 0.6) is 0 Å².